The minimum atomic E-state index is -0.447. The van der Waals surface area contributed by atoms with Gasteiger partial charge in [-0.1, -0.05) is 29.8 Å². The molecule has 0 saturated carbocycles. The highest BCUT2D eigenvalue weighted by Crippen LogP contribution is 2.29. The molecule has 0 bridgehead atoms. The number of nitrogens with one attached hydrogen (secondary N) is 1. The first-order chi connectivity index (χ1) is 12.6. The summed E-state index contributed by atoms with van der Waals surface area (Å²) < 4.78 is 0. The highest BCUT2D eigenvalue weighted by atomic mass is 35.5. The lowest BCUT2D eigenvalue weighted by Gasteiger charge is -2.12. The van der Waals surface area contributed by atoms with Gasteiger partial charge in [-0.25, -0.2) is 4.98 Å². The number of nitrogens with zero attached hydrogens (tertiary/aromatic N) is 3. The summed E-state index contributed by atoms with van der Waals surface area (Å²) in [5.74, 6) is 0.308. The van der Waals surface area contributed by atoms with E-state index in [9.17, 15) is 5.11 Å². The SMILES string of the molecule is N[C@H](Cc1cccc(Cl)c1)c1nc(O)c2cc(-c3cn[nH]c3)ccc2n1. The van der Waals surface area contributed by atoms with Gasteiger partial charge in [0.2, 0.25) is 5.88 Å². The summed E-state index contributed by atoms with van der Waals surface area (Å²) in [6.07, 6.45) is 4.03. The second-order valence-corrected chi connectivity index (χ2v) is 6.50. The predicted molar refractivity (Wildman–Crippen MR) is 101 cm³/mol. The van der Waals surface area contributed by atoms with Crippen LogP contribution in [0.25, 0.3) is 22.0 Å². The lowest BCUT2D eigenvalue weighted by molar-refractivity contribution is 0.453. The summed E-state index contributed by atoms with van der Waals surface area (Å²) in [5, 5.41) is 18.3. The van der Waals surface area contributed by atoms with E-state index in [0.29, 0.717) is 28.2 Å². The van der Waals surface area contributed by atoms with Crippen LogP contribution < -0.4 is 5.73 Å². The number of halogens is 1. The number of aromatic hydroxyl groups is 1. The Balaban J connectivity index is 1.67. The summed E-state index contributed by atoms with van der Waals surface area (Å²) in [4.78, 5) is 8.73. The third-order valence-electron chi connectivity index (χ3n) is 4.20. The zero-order valence-electron chi connectivity index (χ0n) is 13.7. The summed E-state index contributed by atoms with van der Waals surface area (Å²) in [7, 11) is 0. The molecule has 2 heterocycles. The minimum absolute atomic E-state index is 0.0862. The second-order valence-electron chi connectivity index (χ2n) is 6.06. The van der Waals surface area contributed by atoms with Crippen molar-refractivity contribution in [3.8, 4) is 17.0 Å². The molecule has 4 aromatic rings. The summed E-state index contributed by atoms with van der Waals surface area (Å²) in [5.41, 5.74) is 9.72. The largest absolute Gasteiger partial charge is 0.493 e. The van der Waals surface area contributed by atoms with Crippen LogP contribution in [0, 0.1) is 0 Å². The number of benzene rings is 2. The standard InChI is InChI=1S/C19H16ClN5O/c20-14-3-1-2-11(6-14)7-16(21)18-24-17-5-4-12(13-9-22-23-10-13)8-15(17)19(26)25-18/h1-6,8-10,16H,7,21H2,(H,22,23)(H,24,25,26)/t16-/m1/s1. The maximum Gasteiger partial charge on any atom is 0.222 e. The van der Waals surface area contributed by atoms with E-state index in [2.05, 4.69) is 20.2 Å². The maximum absolute atomic E-state index is 10.4. The van der Waals surface area contributed by atoms with Gasteiger partial charge in [-0.05, 0) is 41.8 Å². The lowest BCUT2D eigenvalue weighted by Crippen LogP contribution is -2.16. The van der Waals surface area contributed by atoms with E-state index in [1.54, 1.807) is 12.4 Å². The molecule has 0 aliphatic heterocycles. The topological polar surface area (TPSA) is 101 Å². The molecule has 2 aromatic carbocycles. The Morgan fingerprint density at radius 3 is 2.77 bits per heavy atom. The van der Waals surface area contributed by atoms with Gasteiger partial charge < -0.3 is 10.8 Å². The van der Waals surface area contributed by atoms with Crippen molar-refractivity contribution in [1.82, 2.24) is 20.2 Å². The number of aromatic amines is 1. The monoisotopic (exact) mass is 365 g/mol. The van der Waals surface area contributed by atoms with Gasteiger partial charge in [0.05, 0.1) is 23.1 Å². The van der Waals surface area contributed by atoms with Crippen molar-refractivity contribution in [1.29, 1.82) is 0 Å². The fraction of sp³-hybridized carbons (Fsp3) is 0.105. The van der Waals surface area contributed by atoms with Crippen molar-refractivity contribution in [3.05, 3.63) is 71.3 Å². The zero-order valence-corrected chi connectivity index (χ0v) is 14.5. The molecule has 0 unspecified atom stereocenters. The Hall–Kier alpha value is -2.96. The molecule has 6 nitrogen and oxygen atoms in total. The Bertz CT molecular complexity index is 1060. The van der Waals surface area contributed by atoms with Crippen molar-refractivity contribution in [3.63, 3.8) is 0 Å². The number of hydrogen-bond acceptors (Lipinski definition) is 5. The lowest BCUT2D eigenvalue weighted by atomic mass is 10.0. The Morgan fingerprint density at radius 2 is 2.00 bits per heavy atom. The van der Waals surface area contributed by atoms with Crippen LogP contribution in [0.4, 0.5) is 0 Å². The molecule has 2 aromatic heterocycles. The molecule has 0 radical (unpaired) electrons. The van der Waals surface area contributed by atoms with Crippen molar-refractivity contribution >= 4 is 22.5 Å². The summed E-state index contributed by atoms with van der Waals surface area (Å²) in [6, 6.07) is 12.6. The summed E-state index contributed by atoms with van der Waals surface area (Å²) >= 11 is 6.02. The van der Waals surface area contributed by atoms with E-state index in [-0.39, 0.29) is 5.88 Å². The van der Waals surface area contributed by atoms with E-state index in [1.165, 1.54) is 0 Å². The second kappa shape index (κ2) is 6.74. The van der Waals surface area contributed by atoms with Crippen LogP contribution in [0.3, 0.4) is 0 Å². The van der Waals surface area contributed by atoms with Gasteiger partial charge in [-0.2, -0.15) is 10.1 Å². The molecule has 0 aliphatic carbocycles. The van der Waals surface area contributed by atoms with Crippen LogP contribution in [0.1, 0.15) is 17.4 Å². The highest BCUT2D eigenvalue weighted by Gasteiger charge is 2.15. The number of H-pyrrole nitrogens is 1. The fourth-order valence-corrected chi connectivity index (χ4v) is 3.11. The van der Waals surface area contributed by atoms with Crippen molar-refractivity contribution in [2.24, 2.45) is 5.73 Å². The van der Waals surface area contributed by atoms with Gasteiger partial charge in [0.25, 0.3) is 0 Å². The van der Waals surface area contributed by atoms with Crippen molar-refractivity contribution in [2.45, 2.75) is 12.5 Å². The van der Waals surface area contributed by atoms with Gasteiger partial charge >= 0.3 is 0 Å². The minimum Gasteiger partial charge on any atom is -0.493 e. The van der Waals surface area contributed by atoms with Crippen LogP contribution in [0.5, 0.6) is 5.88 Å². The molecule has 0 fully saturated rings. The highest BCUT2D eigenvalue weighted by molar-refractivity contribution is 6.30. The average molecular weight is 366 g/mol. The third kappa shape index (κ3) is 3.24. The predicted octanol–water partition coefficient (Wildman–Crippen LogP) is 3.62. The molecule has 26 heavy (non-hydrogen) atoms. The Kier molecular flexibility index (Phi) is 4.28. The molecule has 1 atom stereocenters. The van der Waals surface area contributed by atoms with Crippen molar-refractivity contribution in [2.75, 3.05) is 0 Å². The van der Waals surface area contributed by atoms with E-state index in [1.807, 2.05) is 42.5 Å². The van der Waals surface area contributed by atoms with Crippen LogP contribution in [-0.2, 0) is 6.42 Å². The number of nitrogens with two attached hydrogens (primary N) is 1. The number of fused-ring (bicyclic) bond motifs is 1. The smallest absolute Gasteiger partial charge is 0.222 e. The van der Waals surface area contributed by atoms with E-state index in [0.717, 1.165) is 16.7 Å². The molecule has 7 heteroatoms. The maximum atomic E-state index is 10.4. The fourth-order valence-electron chi connectivity index (χ4n) is 2.89. The van der Waals surface area contributed by atoms with Crippen LogP contribution in [0.15, 0.2) is 54.9 Å². The van der Waals surface area contributed by atoms with Crippen LogP contribution in [0.2, 0.25) is 5.02 Å². The van der Waals surface area contributed by atoms with Gasteiger partial charge in [0, 0.05) is 16.8 Å². The van der Waals surface area contributed by atoms with E-state index >= 15 is 0 Å². The molecular weight excluding hydrogens is 350 g/mol. The Labute approximate surface area is 154 Å². The molecule has 0 amide bonds. The first-order valence-electron chi connectivity index (χ1n) is 8.10. The molecule has 4 N–H and O–H groups in total. The van der Waals surface area contributed by atoms with Crippen molar-refractivity contribution < 1.29 is 5.11 Å². The molecule has 0 saturated heterocycles. The van der Waals surface area contributed by atoms with Gasteiger partial charge in [0.1, 0.15) is 5.82 Å². The number of aromatic nitrogens is 4. The van der Waals surface area contributed by atoms with Gasteiger partial charge in [-0.3, -0.25) is 5.10 Å². The summed E-state index contributed by atoms with van der Waals surface area (Å²) in [6.45, 7) is 0. The number of rotatable bonds is 4. The first-order valence-corrected chi connectivity index (χ1v) is 8.48. The van der Waals surface area contributed by atoms with Gasteiger partial charge in [-0.15, -0.1) is 0 Å². The molecule has 0 aliphatic rings. The van der Waals surface area contributed by atoms with Gasteiger partial charge in [0.15, 0.2) is 0 Å². The molecule has 130 valence electrons. The number of hydrogen-bond donors (Lipinski definition) is 3. The molecule has 4 rings (SSSR count). The zero-order chi connectivity index (χ0) is 18.1. The Morgan fingerprint density at radius 1 is 1.12 bits per heavy atom. The van der Waals surface area contributed by atoms with Crippen LogP contribution in [-0.4, -0.2) is 25.3 Å². The quantitative estimate of drug-likeness (QED) is 0.512. The normalized spacial score (nSPS) is 12.4. The first kappa shape index (κ1) is 16.5. The average Bonchev–Trinajstić information content (AvgIpc) is 3.16. The molecular formula is C19H16ClN5O. The molecule has 0 spiro atoms. The third-order valence-corrected chi connectivity index (χ3v) is 4.44. The van der Waals surface area contributed by atoms with E-state index < -0.39 is 6.04 Å². The van der Waals surface area contributed by atoms with Crippen LogP contribution >= 0.6 is 11.6 Å². The van der Waals surface area contributed by atoms with E-state index in [4.69, 9.17) is 17.3 Å².